The lowest BCUT2D eigenvalue weighted by Crippen LogP contribution is -2.47. The minimum Gasteiger partial charge on any atom is -0.489 e. The summed E-state index contributed by atoms with van der Waals surface area (Å²) in [7, 11) is -3.53. The maximum atomic E-state index is 12.6. The second kappa shape index (κ2) is 7.58. The molecule has 0 bridgehead atoms. The van der Waals surface area contributed by atoms with E-state index < -0.39 is 10.0 Å². The molecule has 0 aliphatic heterocycles. The summed E-state index contributed by atoms with van der Waals surface area (Å²) in [5, 5.41) is 0. The molecule has 1 N–H and O–H groups in total. The topological polar surface area (TPSA) is 55.4 Å². The van der Waals surface area contributed by atoms with Gasteiger partial charge in [0.25, 0.3) is 0 Å². The van der Waals surface area contributed by atoms with E-state index in [-0.39, 0.29) is 12.1 Å². The van der Waals surface area contributed by atoms with Gasteiger partial charge >= 0.3 is 0 Å². The van der Waals surface area contributed by atoms with Crippen molar-refractivity contribution in [3.8, 4) is 5.75 Å². The van der Waals surface area contributed by atoms with Gasteiger partial charge in [-0.1, -0.05) is 30.7 Å². The zero-order valence-electron chi connectivity index (χ0n) is 14.7. The summed E-state index contributed by atoms with van der Waals surface area (Å²) in [4.78, 5) is 0.297. The van der Waals surface area contributed by atoms with Gasteiger partial charge in [-0.15, -0.1) is 0 Å². The predicted octanol–water partition coefficient (Wildman–Crippen LogP) is 3.97. The largest absolute Gasteiger partial charge is 0.489 e. The average Bonchev–Trinajstić information content (AvgIpc) is 2.56. The first-order valence-corrected chi connectivity index (χ1v) is 10.2. The molecule has 3 rings (SSSR count). The Labute approximate surface area is 150 Å². The van der Waals surface area contributed by atoms with Crippen molar-refractivity contribution >= 4 is 10.0 Å². The van der Waals surface area contributed by atoms with Gasteiger partial charge in [0, 0.05) is 0 Å². The lowest BCUT2D eigenvalue weighted by Gasteiger charge is -2.32. The summed E-state index contributed by atoms with van der Waals surface area (Å²) in [5.74, 6) is 0.813. The fourth-order valence-corrected chi connectivity index (χ4v) is 4.74. The van der Waals surface area contributed by atoms with Crippen molar-refractivity contribution < 1.29 is 13.2 Å². The Kier molecular flexibility index (Phi) is 5.45. The van der Waals surface area contributed by atoms with Crippen LogP contribution in [0, 0.1) is 13.8 Å². The van der Waals surface area contributed by atoms with Crippen LogP contribution in [0.1, 0.15) is 36.8 Å². The molecule has 1 fully saturated rings. The molecule has 0 spiro atoms. The molecule has 0 unspecified atom stereocenters. The van der Waals surface area contributed by atoms with Gasteiger partial charge in [0.2, 0.25) is 10.0 Å². The molecule has 134 valence electrons. The number of aryl methyl sites for hydroxylation is 2. The lowest BCUT2D eigenvalue weighted by atomic mass is 9.93. The quantitative estimate of drug-likeness (QED) is 0.879. The highest BCUT2D eigenvalue weighted by molar-refractivity contribution is 7.89. The van der Waals surface area contributed by atoms with Crippen LogP contribution in [-0.2, 0) is 10.0 Å². The lowest BCUT2D eigenvalue weighted by molar-refractivity contribution is 0.124. The van der Waals surface area contributed by atoms with Crippen LogP contribution in [0.5, 0.6) is 5.75 Å². The van der Waals surface area contributed by atoms with Crippen molar-refractivity contribution in [3.63, 3.8) is 0 Å². The van der Waals surface area contributed by atoms with E-state index in [4.69, 9.17) is 4.74 Å². The van der Waals surface area contributed by atoms with Gasteiger partial charge in [0.05, 0.1) is 10.9 Å². The fourth-order valence-electron chi connectivity index (χ4n) is 3.42. The molecule has 2 aromatic carbocycles. The van der Waals surface area contributed by atoms with Gasteiger partial charge in [0.1, 0.15) is 11.9 Å². The Bertz CT molecular complexity index is 798. The molecule has 1 aliphatic carbocycles. The van der Waals surface area contributed by atoms with E-state index in [1.807, 2.05) is 32.0 Å². The first-order valence-electron chi connectivity index (χ1n) is 8.76. The SMILES string of the molecule is Cc1cc(C)cc(O[C@H]2CCCC[C@H]2NS(=O)(=O)c2ccccc2)c1. The number of sulfonamides is 1. The minimum atomic E-state index is -3.53. The molecule has 0 radical (unpaired) electrons. The smallest absolute Gasteiger partial charge is 0.240 e. The van der Waals surface area contributed by atoms with E-state index in [1.54, 1.807) is 24.3 Å². The van der Waals surface area contributed by atoms with Crippen molar-refractivity contribution in [1.29, 1.82) is 0 Å². The summed E-state index contributed by atoms with van der Waals surface area (Å²) in [6.45, 7) is 4.08. The number of nitrogens with one attached hydrogen (secondary N) is 1. The van der Waals surface area contributed by atoms with Crippen molar-refractivity contribution in [2.75, 3.05) is 0 Å². The van der Waals surface area contributed by atoms with Gasteiger partial charge in [-0.2, -0.15) is 0 Å². The highest BCUT2D eigenvalue weighted by atomic mass is 32.2. The molecule has 0 heterocycles. The first-order chi connectivity index (χ1) is 11.9. The van der Waals surface area contributed by atoms with E-state index in [2.05, 4.69) is 10.8 Å². The first kappa shape index (κ1) is 18.0. The molecule has 2 atom stereocenters. The average molecular weight is 359 g/mol. The number of hydrogen-bond acceptors (Lipinski definition) is 3. The van der Waals surface area contributed by atoms with Gasteiger partial charge in [-0.25, -0.2) is 13.1 Å². The zero-order chi connectivity index (χ0) is 17.9. The van der Waals surface area contributed by atoms with E-state index in [0.717, 1.165) is 42.6 Å². The van der Waals surface area contributed by atoms with Crippen LogP contribution in [0.3, 0.4) is 0 Å². The van der Waals surface area contributed by atoms with Crippen LogP contribution < -0.4 is 9.46 Å². The Morgan fingerprint density at radius 1 is 0.960 bits per heavy atom. The van der Waals surface area contributed by atoms with Gasteiger partial charge < -0.3 is 4.74 Å². The number of hydrogen-bond donors (Lipinski definition) is 1. The maximum absolute atomic E-state index is 12.6. The summed E-state index contributed by atoms with van der Waals surface area (Å²) in [6, 6.07) is 14.4. The molecule has 0 saturated heterocycles. The summed E-state index contributed by atoms with van der Waals surface area (Å²) in [5.41, 5.74) is 2.29. The van der Waals surface area contributed by atoms with Crippen LogP contribution in [-0.4, -0.2) is 20.6 Å². The molecule has 0 amide bonds. The molecule has 1 saturated carbocycles. The summed E-state index contributed by atoms with van der Waals surface area (Å²) < 4.78 is 34.3. The van der Waals surface area contributed by atoms with Crippen molar-refractivity contribution in [2.24, 2.45) is 0 Å². The standard InChI is InChI=1S/C20H25NO3S/c1-15-12-16(2)14-17(13-15)24-20-11-7-6-10-19(20)21-25(22,23)18-8-4-3-5-9-18/h3-5,8-9,12-14,19-21H,6-7,10-11H2,1-2H3/t19-,20+/m1/s1. The normalized spacial score (nSPS) is 21.0. The van der Waals surface area contributed by atoms with Crippen molar-refractivity contribution in [1.82, 2.24) is 4.72 Å². The van der Waals surface area contributed by atoms with Crippen LogP contribution in [0.2, 0.25) is 0 Å². The van der Waals surface area contributed by atoms with Crippen LogP contribution >= 0.6 is 0 Å². The Morgan fingerprint density at radius 3 is 2.28 bits per heavy atom. The third-order valence-corrected chi connectivity index (χ3v) is 6.05. The predicted molar refractivity (Wildman–Crippen MR) is 99.4 cm³/mol. The van der Waals surface area contributed by atoms with Crippen LogP contribution in [0.4, 0.5) is 0 Å². The second-order valence-electron chi connectivity index (χ2n) is 6.81. The van der Waals surface area contributed by atoms with Crippen molar-refractivity contribution in [3.05, 3.63) is 59.7 Å². The van der Waals surface area contributed by atoms with E-state index >= 15 is 0 Å². The van der Waals surface area contributed by atoms with E-state index in [0.29, 0.717) is 4.90 Å². The number of rotatable bonds is 5. The molecule has 4 nitrogen and oxygen atoms in total. The van der Waals surface area contributed by atoms with Gasteiger partial charge in [-0.05, 0) is 68.5 Å². The van der Waals surface area contributed by atoms with Crippen molar-refractivity contribution in [2.45, 2.75) is 56.6 Å². The highest BCUT2D eigenvalue weighted by Crippen LogP contribution is 2.26. The van der Waals surface area contributed by atoms with Gasteiger partial charge in [0.15, 0.2) is 0 Å². The Hall–Kier alpha value is -1.85. The van der Waals surface area contributed by atoms with Gasteiger partial charge in [-0.3, -0.25) is 0 Å². The molecule has 1 aliphatic rings. The van der Waals surface area contributed by atoms with E-state index in [1.165, 1.54) is 0 Å². The third-order valence-electron chi connectivity index (χ3n) is 4.55. The summed E-state index contributed by atoms with van der Waals surface area (Å²) in [6.07, 6.45) is 3.57. The third kappa shape index (κ3) is 4.61. The monoisotopic (exact) mass is 359 g/mol. The zero-order valence-corrected chi connectivity index (χ0v) is 15.6. The molecule has 0 aromatic heterocycles. The second-order valence-corrected chi connectivity index (χ2v) is 8.52. The number of benzene rings is 2. The molecular weight excluding hydrogens is 334 g/mol. The molecule has 25 heavy (non-hydrogen) atoms. The molecule has 5 heteroatoms. The molecule has 2 aromatic rings. The number of ether oxygens (including phenoxy) is 1. The summed E-state index contributed by atoms with van der Waals surface area (Å²) >= 11 is 0. The fraction of sp³-hybridized carbons (Fsp3) is 0.400. The maximum Gasteiger partial charge on any atom is 0.240 e. The van der Waals surface area contributed by atoms with Crippen LogP contribution in [0.15, 0.2) is 53.4 Å². The van der Waals surface area contributed by atoms with Crippen LogP contribution in [0.25, 0.3) is 0 Å². The molecular formula is C20H25NO3S. The van der Waals surface area contributed by atoms with E-state index in [9.17, 15) is 8.42 Å². The Morgan fingerprint density at radius 2 is 1.60 bits per heavy atom. The minimum absolute atomic E-state index is 0.145. The Balaban J connectivity index is 1.77. The highest BCUT2D eigenvalue weighted by Gasteiger charge is 2.31.